The number of thiazole rings is 1. The minimum Gasteiger partial charge on any atom is -0.323 e. The van der Waals surface area contributed by atoms with E-state index in [0.29, 0.717) is 5.01 Å². The zero-order valence-corrected chi connectivity index (χ0v) is 11.3. The van der Waals surface area contributed by atoms with Gasteiger partial charge in [0.15, 0.2) is 0 Å². The summed E-state index contributed by atoms with van der Waals surface area (Å²) in [4.78, 5) is 5.32. The molecule has 0 fully saturated rings. The van der Waals surface area contributed by atoms with Gasteiger partial charge in [-0.25, -0.2) is 4.98 Å². The first-order chi connectivity index (χ1) is 8.16. The van der Waals surface area contributed by atoms with E-state index >= 15 is 0 Å². The summed E-state index contributed by atoms with van der Waals surface area (Å²) < 4.78 is 36.5. The number of nitrogens with zero attached hydrogens (tertiary/aromatic N) is 1. The summed E-state index contributed by atoms with van der Waals surface area (Å²) >= 11 is 1.35. The van der Waals surface area contributed by atoms with Crippen LogP contribution in [0.5, 0.6) is 0 Å². The Kier molecular flexibility index (Phi) is 3.44. The molecule has 0 aliphatic heterocycles. The standard InChI is InChI=1S/C12H17F3N2S/c1-11(2)5-7(16)10-8(6-11)17-9(18-10)3-4-12(13,14)15/h7H,3-6,16H2,1-2H3. The lowest BCUT2D eigenvalue weighted by molar-refractivity contribution is -0.134. The molecule has 0 saturated heterocycles. The van der Waals surface area contributed by atoms with Crippen LogP contribution in [0.2, 0.25) is 0 Å². The van der Waals surface area contributed by atoms with Crippen molar-refractivity contribution in [3.05, 3.63) is 15.6 Å². The summed E-state index contributed by atoms with van der Waals surface area (Å²) in [5.74, 6) is 0. The van der Waals surface area contributed by atoms with E-state index in [2.05, 4.69) is 18.8 Å². The average Bonchev–Trinajstić information content (AvgIpc) is 2.55. The van der Waals surface area contributed by atoms with Crippen LogP contribution in [0.3, 0.4) is 0 Å². The van der Waals surface area contributed by atoms with Crippen LogP contribution in [0.25, 0.3) is 0 Å². The molecule has 18 heavy (non-hydrogen) atoms. The molecule has 1 heterocycles. The van der Waals surface area contributed by atoms with Crippen LogP contribution in [-0.4, -0.2) is 11.2 Å². The van der Waals surface area contributed by atoms with E-state index in [0.717, 1.165) is 23.4 Å². The van der Waals surface area contributed by atoms with E-state index in [-0.39, 0.29) is 17.9 Å². The molecule has 6 heteroatoms. The molecule has 1 aliphatic carbocycles. The van der Waals surface area contributed by atoms with Gasteiger partial charge in [0.25, 0.3) is 0 Å². The van der Waals surface area contributed by atoms with Gasteiger partial charge in [-0.2, -0.15) is 13.2 Å². The second kappa shape index (κ2) is 4.49. The number of nitrogens with two attached hydrogens (primary N) is 1. The molecule has 0 aromatic carbocycles. The summed E-state index contributed by atoms with van der Waals surface area (Å²) in [5.41, 5.74) is 7.05. The quantitative estimate of drug-likeness (QED) is 0.897. The molecule has 0 spiro atoms. The van der Waals surface area contributed by atoms with Crippen molar-refractivity contribution < 1.29 is 13.2 Å². The summed E-state index contributed by atoms with van der Waals surface area (Å²) in [6.07, 6.45) is -3.29. The normalized spacial score (nSPS) is 22.9. The fourth-order valence-electron chi connectivity index (χ4n) is 2.40. The third kappa shape index (κ3) is 3.23. The van der Waals surface area contributed by atoms with Gasteiger partial charge in [0.05, 0.1) is 10.7 Å². The van der Waals surface area contributed by atoms with E-state index in [4.69, 9.17) is 5.73 Å². The maximum Gasteiger partial charge on any atom is 0.389 e. The van der Waals surface area contributed by atoms with Gasteiger partial charge < -0.3 is 5.73 Å². The van der Waals surface area contributed by atoms with Crippen molar-refractivity contribution in [3.8, 4) is 0 Å². The number of rotatable bonds is 2. The van der Waals surface area contributed by atoms with Gasteiger partial charge in [0.2, 0.25) is 0 Å². The molecule has 0 saturated carbocycles. The molecule has 1 unspecified atom stereocenters. The van der Waals surface area contributed by atoms with E-state index in [9.17, 15) is 13.2 Å². The molecule has 0 amide bonds. The lowest BCUT2D eigenvalue weighted by atomic mass is 9.77. The van der Waals surface area contributed by atoms with Crippen molar-refractivity contribution in [1.82, 2.24) is 4.98 Å². The summed E-state index contributed by atoms with van der Waals surface area (Å²) in [6.45, 7) is 4.23. The van der Waals surface area contributed by atoms with Crippen molar-refractivity contribution in [3.63, 3.8) is 0 Å². The first kappa shape index (κ1) is 13.8. The lowest BCUT2D eigenvalue weighted by Gasteiger charge is -2.32. The Morgan fingerprint density at radius 3 is 2.72 bits per heavy atom. The highest BCUT2D eigenvalue weighted by Gasteiger charge is 2.34. The third-order valence-corrected chi connectivity index (χ3v) is 4.44. The van der Waals surface area contributed by atoms with Crippen LogP contribution < -0.4 is 5.73 Å². The minimum atomic E-state index is -4.12. The van der Waals surface area contributed by atoms with E-state index in [1.54, 1.807) is 0 Å². The van der Waals surface area contributed by atoms with Crippen LogP contribution in [0.15, 0.2) is 0 Å². The summed E-state index contributed by atoms with van der Waals surface area (Å²) in [6, 6.07) is -0.0825. The second-order valence-electron chi connectivity index (χ2n) is 5.69. The zero-order chi connectivity index (χ0) is 13.6. The van der Waals surface area contributed by atoms with Crippen molar-refractivity contribution >= 4 is 11.3 Å². The maximum absolute atomic E-state index is 12.2. The molecule has 102 valence electrons. The molecular formula is C12H17F3N2S. The number of aromatic nitrogens is 1. The number of halogens is 3. The Morgan fingerprint density at radius 1 is 1.44 bits per heavy atom. The van der Waals surface area contributed by atoms with Gasteiger partial charge in [-0.1, -0.05) is 13.8 Å². The highest BCUT2D eigenvalue weighted by Crippen LogP contribution is 2.42. The van der Waals surface area contributed by atoms with Gasteiger partial charge in [-0.3, -0.25) is 0 Å². The van der Waals surface area contributed by atoms with Crippen molar-refractivity contribution in [2.45, 2.75) is 51.7 Å². The lowest BCUT2D eigenvalue weighted by Crippen LogP contribution is -2.28. The molecule has 1 aromatic rings. The molecule has 2 rings (SSSR count). The van der Waals surface area contributed by atoms with Crippen molar-refractivity contribution in [2.75, 3.05) is 0 Å². The predicted octanol–water partition coefficient (Wildman–Crippen LogP) is 3.61. The molecule has 1 aliphatic rings. The summed E-state index contributed by atoms with van der Waals surface area (Å²) in [7, 11) is 0. The van der Waals surface area contributed by atoms with Crippen LogP contribution >= 0.6 is 11.3 Å². The van der Waals surface area contributed by atoms with Gasteiger partial charge in [0.1, 0.15) is 0 Å². The SMILES string of the molecule is CC1(C)Cc2nc(CCC(F)(F)F)sc2C(N)C1. The number of hydrogen-bond donors (Lipinski definition) is 1. The first-order valence-corrected chi connectivity index (χ1v) is 6.79. The Bertz CT molecular complexity index is 437. The molecule has 1 atom stereocenters. The van der Waals surface area contributed by atoms with Crippen LogP contribution in [0.4, 0.5) is 13.2 Å². The number of hydrogen-bond acceptors (Lipinski definition) is 3. The van der Waals surface area contributed by atoms with Crippen LogP contribution in [0, 0.1) is 5.41 Å². The second-order valence-corrected chi connectivity index (χ2v) is 6.80. The maximum atomic E-state index is 12.2. The molecule has 1 aromatic heterocycles. The highest BCUT2D eigenvalue weighted by molar-refractivity contribution is 7.11. The highest BCUT2D eigenvalue weighted by atomic mass is 32.1. The number of fused-ring (bicyclic) bond motifs is 1. The Labute approximate surface area is 108 Å². The molecular weight excluding hydrogens is 261 g/mol. The zero-order valence-electron chi connectivity index (χ0n) is 10.5. The number of aryl methyl sites for hydroxylation is 1. The van der Waals surface area contributed by atoms with Gasteiger partial charge >= 0.3 is 6.18 Å². The van der Waals surface area contributed by atoms with Crippen LogP contribution in [0.1, 0.15) is 48.3 Å². The van der Waals surface area contributed by atoms with Gasteiger partial charge in [-0.15, -0.1) is 11.3 Å². The molecule has 0 radical (unpaired) electrons. The third-order valence-electron chi connectivity index (χ3n) is 3.15. The van der Waals surface area contributed by atoms with E-state index < -0.39 is 12.6 Å². The van der Waals surface area contributed by atoms with Gasteiger partial charge in [-0.05, 0) is 18.3 Å². The van der Waals surface area contributed by atoms with E-state index in [1.165, 1.54) is 11.3 Å². The minimum absolute atomic E-state index is 0.0334. The average molecular weight is 278 g/mol. The number of alkyl halides is 3. The molecule has 2 N–H and O–H groups in total. The Balaban J connectivity index is 2.14. The fourth-order valence-corrected chi connectivity index (χ4v) is 3.48. The smallest absolute Gasteiger partial charge is 0.323 e. The van der Waals surface area contributed by atoms with Gasteiger partial charge in [0, 0.05) is 23.8 Å². The van der Waals surface area contributed by atoms with Crippen LogP contribution in [-0.2, 0) is 12.8 Å². The molecule has 2 nitrogen and oxygen atoms in total. The molecule has 0 bridgehead atoms. The summed E-state index contributed by atoms with van der Waals surface area (Å²) in [5, 5.41) is 0.561. The topological polar surface area (TPSA) is 38.9 Å². The van der Waals surface area contributed by atoms with E-state index in [1.807, 2.05) is 0 Å². The largest absolute Gasteiger partial charge is 0.389 e. The Morgan fingerprint density at radius 2 is 2.11 bits per heavy atom. The Hall–Kier alpha value is -0.620. The monoisotopic (exact) mass is 278 g/mol. The van der Waals surface area contributed by atoms with Crippen molar-refractivity contribution in [2.24, 2.45) is 11.1 Å². The first-order valence-electron chi connectivity index (χ1n) is 5.97. The fraction of sp³-hybridized carbons (Fsp3) is 0.750. The van der Waals surface area contributed by atoms with Crippen molar-refractivity contribution in [1.29, 1.82) is 0 Å². The predicted molar refractivity (Wildman–Crippen MR) is 65.5 cm³/mol.